The van der Waals surface area contributed by atoms with Crippen LogP contribution in [0.5, 0.6) is 0 Å². The van der Waals surface area contributed by atoms with E-state index in [1.807, 2.05) is 18.0 Å². The van der Waals surface area contributed by atoms with E-state index in [1.165, 1.54) is 16.0 Å². The molecular formula is C12H14N2S2. The Bertz CT molecular complexity index is 466. The molecule has 0 bridgehead atoms. The second-order valence-corrected chi connectivity index (χ2v) is 5.72. The topological polar surface area (TPSA) is 38.9 Å². The molecule has 0 saturated heterocycles. The Morgan fingerprint density at radius 2 is 2.12 bits per heavy atom. The van der Waals surface area contributed by atoms with Crippen molar-refractivity contribution in [2.75, 3.05) is 5.73 Å². The van der Waals surface area contributed by atoms with E-state index in [-0.39, 0.29) is 0 Å². The van der Waals surface area contributed by atoms with Crippen LogP contribution in [0.4, 0.5) is 5.13 Å². The predicted molar refractivity (Wildman–Crippen MR) is 72.7 cm³/mol. The van der Waals surface area contributed by atoms with Crippen molar-refractivity contribution in [2.45, 2.75) is 18.4 Å². The summed E-state index contributed by atoms with van der Waals surface area (Å²) in [5.41, 5.74) is 8.35. The number of aryl methyl sites for hydroxylation is 1. The van der Waals surface area contributed by atoms with Crippen molar-refractivity contribution in [3.05, 3.63) is 46.5 Å². The molecule has 0 fully saturated rings. The van der Waals surface area contributed by atoms with Gasteiger partial charge in [0.1, 0.15) is 0 Å². The summed E-state index contributed by atoms with van der Waals surface area (Å²) >= 11 is 3.47. The van der Waals surface area contributed by atoms with Crippen molar-refractivity contribution in [1.82, 2.24) is 4.98 Å². The second kappa shape index (κ2) is 5.37. The van der Waals surface area contributed by atoms with Gasteiger partial charge in [-0.15, -0.1) is 11.3 Å². The molecule has 0 atom stereocenters. The molecule has 0 radical (unpaired) electrons. The number of thiazole rings is 1. The zero-order valence-electron chi connectivity index (χ0n) is 9.14. The van der Waals surface area contributed by atoms with Gasteiger partial charge in [-0.2, -0.15) is 11.8 Å². The van der Waals surface area contributed by atoms with Crippen LogP contribution in [0, 0.1) is 6.92 Å². The maximum absolute atomic E-state index is 5.58. The Morgan fingerprint density at radius 3 is 2.81 bits per heavy atom. The molecule has 0 spiro atoms. The number of hydrogen-bond donors (Lipinski definition) is 1. The summed E-state index contributed by atoms with van der Waals surface area (Å²) in [4.78, 5) is 5.29. The largest absolute Gasteiger partial charge is 0.375 e. The Morgan fingerprint density at radius 1 is 1.31 bits per heavy atom. The molecule has 0 unspecified atom stereocenters. The summed E-state index contributed by atoms with van der Waals surface area (Å²) in [5.74, 6) is 2.04. The minimum absolute atomic E-state index is 0.659. The highest BCUT2D eigenvalue weighted by Crippen LogP contribution is 2.23. The molecule has 2 nitrogen and oxygen atoms in total. The van der Waals surface area contributed by atoms with E-state index < -0.39 is 0 Å². The van der Waals surface area contributed by atoms with E-state index in [0.717, 1.165) is 11.5 Å². The number of hydrogen-bond acceptors (Lipinski definition) is 4. The van der Waals surface area contributed by atoms with Crippen LogP contribution < -0.4 is 5.73 Å². The number of thioether (sulfide) groups is 1. The third-order valence-corrected chi connectivity index (χ3v) is 4.37. The van der Waals surface area contributed by atoms with Gasteiger partial charge in [-0.3, -0.25) is 0 Å². The van der Waals surface area contributed by atoms with E-state index >= 15 is 0 Å². The summed E-state index contributed by atoms with van der Waals surface area (Å²) in [6.07, 6.45) is 1.87. The monoisotopic (exact) mass is 250 g/mol. The maximum Gasteiger partial charge on any atom is 0.180 e. The lowest BCUT2D eigenvalue weighted by Crippen LogP contribution is -1.85. The molecule has 84 valence electrons. The van der Waals surface area contributed by atoms with Gasteiger partial charge in [-0.05, 0) is 18.1 Å². The van der Waals surface area contributed by atoms with Crippen LogP contribution in [-0.4, -0.2) is 4.98 Å². The van der Waals surface area contributed by atoms with Crippen molar-refractivity contribution in [2.24, 2.45) is 0 Å². The molecule has 0 aliphatic heterocycles. The Balaban J connectivity index is 1.87. The van der Waals surface area contributed by atoms with Crippen molar-refractivity contribution >= 4 is 28.2 Å². The van der Waals surface area contributed by atoms with Crippen molar-refractivity contribution < 1.29 is 0 Å². The number of anilines is 1. The van der Waals surface area contributed by atoms with Crippen LogP contribution >= 0.6 is 23.1 Å². The second-order valence-electron chi connectivity index (χ2n) is 3.58. The van der Waals surface area contributed by atoms with Gasteiger partial charge in [0, 0.05) is 22.6 Å². The molecular weight excluding hydrogens is 236 g/mol. The predicted octanol–water partition coefficient (Wildman–Crippen LogP) is 3.47. The van der Waals surface area contributed by atoms with Gasteiger partial charge in [0.05, 0.1) is 0 Å². The number of rotatable bonds is 4. The number of aromatic nitrogens is 1. The van der Waals surface area contributed by atoms with E-state index in [9.17, 15) is 0 Å². The van der Waals surface area contributed by atoms with Gasteiger partial charge in [0.25, 0.3) is 0 Å². The van der Waals surface area contributed by atoms with Crippen molar-refractivity contribution in [3.63, 3.8) is 0 Å². The lowest BCUT2D eigenvalue weighted by molar-refractivity contribution is 1.30. The third-order valence-electron chi connectivity index (χ3n) is 2.33. The van der Waals surface area contributed by atoms with Crippen molar-refractivity contribution in [3.8, 4) is 0 Å². The molecule has 1 aromatic heterocycles. The highest BCUT2D eigenvalue weighted by molar-refractivity contribution is 7.97. The van der Waals surface area contributed by atoms with Crippen LogP contribution in [-0.2, 0) is 11.5 Å². The van der Waals surface area contributed by atoms with E-state index in [4.69, 9.17) is 5.73 Å². The first-order valence-corrected chi connectivity index (χ1v) is 7.05. The van der Waals surface area contributed by atoms with Gasteiger partial charge in [0.15, 0.2) is 5.13 Å². The smallest absolute Gasteiger partial charge is 0.180 e. The zero-order valence-corrected chi connectivity index (χ0v) is 10.8. The normalized spacial score (nSPS) is 10.6. The number of nitrogens with two attached hydrogens (primary N) is 1. The summed E-state index contributed by atoms with van der Waals surface area (Å²) in [6.45, 7) is 2.15. The minimum Gasteiger partial charge on any atom is -0.375 e. The average Bonchev–Trinajstić information content (AvgIpc) is 2.67. The first-order valence-electron chi connectivity index (χ1n) is 5.08. The molecule has 1 aromatic carbocycles. The number of nitrogen functional groups attached to an aromatic ring is 1. The lowest BCUT2D eigenvalue weighted by Gasteiger charge is -2.03. The van der Waals surface area contributed by atoms with Crippen LogP contribution in [0.3, 0.4) is 0 Å². The van der Waals surface area contributed by atoms with E-state index in [2.05, 4.69) is 36.2 Å². The van der Waals surface area contributed by atoms with Gasteiger partial charge in [-0.1, -0.05) is 24.3 Å². The van der Waals surface area contributed by atoms with E-state index in [0.29, 0.717) is 5.13 Å². The van der Waals surface area contributed by atoms with Crippen LogP contribution in [0.2, 0.25) is 0 Å². The van der Waals surface area contributed by atoms with Crippen LogP contribution in [0.25, 0.3) is 0 Å². The first kappa shape index (κ1) is 11.5. The number of nitrogens with zero attached hydrogens (tertiary/aromatic N) is 1. The van der Waals surface area contributed by atoms with Crippen LogP contribution in [0.1, 0.15) is 16.0 Å². The Hall–Kier alpha value is -1.00. The molecule has 2 N–H and O–H groups in total. The van der Waals surface area contributed by atoms with Gasteiger partial charge in [0.2, 0.25) is 0 Å². The molecule has 0 amide bonds. The average molecular weight is 250 g/mol. The standard InChI is InChI=1S/C12H14N2S2/c1-9-4-2-3-5-10(9)7-15-8-11-6-14-12(13)16-11/h2-6H,7-8H2,1H3,(H2,13,14). The first-order chi connectivity index (χ1) is 7.75. The number of benzene rings is 1. The summed E-state index contributed by atoms with van der Waals surface area (Å²) in [7, 11) is 0. The Kier molecular flexibility index (Phi) is 3.85. The third kappa shape index (κ3) is 3.00. The minimum atomic E-state index is 0.659. The Labute approximate surface area is 104 Å². The SMILES string of the molecule is Cc1ccccc1CSCc1cnc(N)s1. The molecule has 2 aromatic rings. The van der Waals surface area contributed by atoms with E-state index in [1.54, 1.807) is 11.3 Å². The molecule has 1 heterocycles. The molecule has 0 saturated carbocycles. The maximum atomic E-state index is 5.58. The molecule has 16 heavy (non-hydrogen) atoms. The summed E-state index contributed by atoms with van der Waals surface area (Å²) < 4.78 is 0. The fourth-order valence-corrected chi connectivity index (χ4v) is 3.31. The highest BCUT2D eigenvalue weighted by atomic mass is 32.2. The summed E-state index contributed by atoms with van der Waals surface area (Å²) in [6, 6.07) is 8.50. The highest BCUT2D eigenvalue weighted by Gasteiger charge is 2.01. The zero-order chi connectivity index (χ0) is 11.4. The van der Waals surface area contributed by atoms with Crippen LogP contribution in [0.15, 0.2) is 30.5 Å². The molecule has 2 rings (SSSR count). The van der Waals surface area contributed by atoms with Gasteiger partial charge < -0.3 is 5.73 Å². The van der Waals surface area contributed by atoms with Gasteiger partial charge >= 0.3 is 0 Å². The lowest BCUT2D eigenvalue weighted by atomic mass is 10.1. The van der Waals surface area contributed by atoms with Gasteiger partial charge in [-0.25, -0.2) is 4.98 Å². The fourth-order valence-electron chi connectivity index (χ4n) is 1.42. The summed E-state index contributed by atoms with van der Waals surface area (Å²) in [5, 5.41) is 0.659. The molecule has 4 heteroatoms. The molecule has 0 aliphatic rings. The van der Waals surface area contributed by atoms with Crippen molar-refractivity contribution in [1.29, 1.82) is 0 Å². The molecule has 0 aliphatic carbocycles. The fraction of sp³-hybridized carbons (Fsp3) is 0.250. The quantitative estimate of drug-likeness (QED) is 0.903.